The molecule has 5 nitrogen and oxygen atoms in total. The first-order valence-electron chi connectivity index (χ1n) is 22.2. The van der Waals surface area contributed by atoms with Gasteiger partial charge in [-0.15, -0.1) is 0 Å². The van der Waals surface area contributed by atoms with Gasteiger partial charge in [0, 0.05) is 12.8 Å². The summed E-state index contributed by atoms with van der Waals surface area (Å²) in [5.41, 5.74) is -0.131. The largest absolute Gasteiger partial charge is 0.463 e. The van der Waals surface area contributed by atoms with Crippen molar-refractivity contribution in [2.24, 2.45) is 4.99 Å². The van der Waals surface area contributed by atoms with Gasteiger partial charge in [0.2, 0.25) is 6.17 Å². The Morgan fingerprint density at radius 1 is 0.615 bits per heavy atom. The molecule has 0 aromatic heterocycles. The third kappa shape index (κ3) is 25.1. The number of nitrogens with zero attached hydrogens (tertiary/aromatic N) is 3. The van der Waals surface area contributed by atoms with Gasteiger partial charge < -0.3 is 9.64 Å². The maximum absolute atomic E-state index is 13.1. The summed E-state index contributed by atoms with van der Waals surface area (Å²) in [7, 11) is 4.26. The average molecular weight is 724 g/mol. The van der Waals surface area contributed by atoms with Crippen molar-refractivity contribution in [1.82, 2.24) is 9.80 Å². The van der Waals surface area contributed by atoms with Gasteiger partial charge in [-0.25, -0.2) is 4.79 Å². The summed E-state index contributed by atoms with van der Waals surface area (Å²) in [4.78, 5) is 22.6. The fraction of sp³-hybridized carbons (Fsp3) is 0.787. The Kier molecular flexibility index (Phi) is 32.1. The van der Waals surface area contributed by atoms with E-state index in [0.717, 1.165) is 45.2 Å². The number of aliphatic imine (C=N–C) groups is 1. The summed E-state index contributed by atoms with van der Waals surface area (Å²) < 4.78 is 5.53. The normalized spacial score (nSPS) is 16.3. The predicted octanol–water partition coefficient (Wildman–Crippen LogP) is 13.4. The number of ether oxygens (including phenoxy) is 1. The number of carbonyl (C=O) groups excluding carboxylic acids is 1. The van der Waals surface area contributed by atoms with E-state index in [1.54, 1.807) is 0 Å². The molecule has 0 N–H and O–H groups in total. The van der Waals surface area contributed by atoms with Gasteiger partial charge in [0.25, 0.3) is 0 Å². The van der Waals surface area contributed by atoms with E-state index < -0.39 is 6.17 Å². The highest BCUT2D eigenvalue weighted by Gasteiger charge is 2.45. The van der Waals surface area contributed by atoms with E-state index >= 15 is 0 Å². The van der Waals surface area contributed by atoms with Crippen molar-refractivity contribution in [3.63, 3.8) is 0 Å². The van der Waals surface area contributed by atoms with Gasteiger partial charge in [0.05, 0.1) is 12.1 Å². The predicted molar refractivity (Wildman–Crippen MR) is 229 cm³/mol. The lowest BCUT2D eigenvalue weighted by Gasteiger charge is -2.39. The number of rotatable bonds is 36. The van der Waals surface area contributed by atoms with Crippen LogP contribution in [0.1, 0.15) is 194 Å². The van der Waals surface area contributed by atoms with E-state index in [1.165, 1.54) is 141 Å². The zero-order valence-corrected chi connectivity index (χ0v) is 35.1. The van der Waals surface area contributed by atoms with Crippen LogP contribution in [0, 0.1) is 0 Å². The molecule has 0 aliphatic carbocycles. The summed E-state index contributed by atoms with van der Waals surface area (Å²) in [5.74, 6) is -0.181. The Labute approximate surface area is 323 Å². The Bertz CT molecular complexity index is 918. The molecule has 52 heavy (non-hydrogen) atoms. The highest BCUT2D eigenvalue weighted by Crippen LogP contribution is 2.35. The van der Waals surface area contributed by atoms with Crippen LogP contribution in [0.4, 0.5) is 0 Å². The van der Waals surface area contributed by atoms with Crippen molar-refractivity contribution >= 4 is 12.2 Å². The average Bonchev–Trinajstić information content (AvgIpc) is 3.49. The lowest BCUT2D eigenvalue weighted by molar-refractivity contribution is -0.150. The fourth-order valence-electron chi connectivity index (χ4n) is 7.29. The van der Waals surface area contributed by atoms with Gasteiger partial charge in [-0.3, -0.25) is 9.89 Å². The van der Waals surface area contributed by atoms with Gasteiger partial charge in [-0.2, -0.15) is 0 Å². The lowest BCUT2D eigenvalue weighted by Crippen LogP contribution is -2.53. The molecule has 1 aliphatic rings. The second-order valence-electron chi connectivity index (χ2n) is 15.5. The standard InChI is InChI=1S/C47H85N3O2/c1-6-9-11-13-15-17-19-21-23-25-27-29-31-33-35-37-40-47(44-48-45(46(51)52-8-3)50(47)43-39-42-49(4)5)41-38-36-34-32-30-28-26-24-22-20-18-16-14-12-10-7-2/h15-18,21-24,44-45H,6-14,19-20,25-43H2,1-5H3/b17-15-,18-16-,23-21-,24-22-. The third-order valence-corrected chi connectivity index (χ3v) is 10.4. The van der Waals surface area contributed by atoms with E-state index in [0.29, 0.717) is 6.61 Å². The van der Waals surface area contributed by atoms with Crippen LogP contribution >= 0.6 is 0 Å². The molecule has 0 bridgehead atoms. The molecule has 1 aliphatic heterocycles. The number of esters is 1. The Hall–Kier alpha value is -1.98. The Balaban J connectivity index is 2.51. The molecule has 0 saturated heterocycles. The second-order valence-corrected chi connectivity index (χ2v) is 15.5. The van der Waals surface area contributed by atoms with E-state index in [9.17, 15) is 4.79 Å². The van der Waals surface area contributed by atoms with Gasteiger partial charge in [-0.05, 0) is 111 Å². The summed E-state index contributed by atoms with van der Waals surface area (Å²) in [6.45, 7) is 8.72. The van der Waals surface area contributed by atoms with Crippen molar-refractivity contribution in [1.29, 1.82) is 0 Å². The van der Waals surface area contributed by atoms with Crippen molar-refractivity contribution in [2.75, 3.05) is 33.8 Å². The molecule has 1 unspecified atom stereocenters. The van der Waals surface area contributed by atoms with Crippen LogP contribution in [0.25, 0.3) is 0 Å². The lowest BCUT2D eigenvalue weighted by atomic mass is 9.85. The minimum atomic E-state index is -0.490. The molecular formula is C47H85N3O2. The first-order chi connectivity index (χ1) is 25.5. The zero-order chi connectivity index (χ0) is 37.8. The van der Waals surface area contributed by atoms with E-state index in [4.69, 9.17) is 9.73 Å². The maximum Gasteiger partial charge on any atom is 0.346 e. The molecule has 0 spiro atoms. The van der Waals surface area contributed by atoms with Gasteiger partial charge >= 0.3 is 5.97 Å². The van der Waals surface area contributed by atoms with Gasteiger partial charge in [0.15, 0.2) is 0 Å². The molecule has 0 fully saturated rings. The molecule has 0 aromatic rings. The van der Waals surface area contributed by atoms with Crippen molar-refractivity contribution in [2.45, 2.75) is 206 Å². The van der Waals surface area contributed by atoms with Crippen molar-refractivity contribution < 1.29 is 9.53 Å². The van der Waals surface area contributed by atoms with Crippen LogP contribution in [0.5, 0.6) is 0 Å². The highest BCUT2D eigenvalue weighted by atomic mass is 16.5. The second kappa shape index (κ2) is 34.8. The molecule has 1 atom stereocenters. The smallest absolute Gasteiger partial charge is 0.346 e. The summed E-state index contributed by atoms with van der Waals surface area (Å²) >= 11 is 0. The Morgan fingerprint density at radius 2 is 1.04 bits per heavy atom. The van der Waals surface area contributed by atoms with Gasteiger partial charge in [0.1, 0.15) is 0 Å². The van der Waals surface area contributed by atoms with Crippen LogP contribution in [0.15, 0.2) is 53.6 Å². The summed E-state index contributed by atoms with van der Waals surface area (Å²) in [6, 6.07) is 0. The summed E-state index contributed by atoms with van der Waals surface area (Å²) in [6.07, 6.45) is 53.9. The molecule has 0 aromatic carbocycles. The Morgan fingerprint density at radius 3 is 1.46 bits per heavy atom. The number of allylic oxidation sites excluding steroid dienone is 8. The maximum atomic E-state index is 13.1. The minimum Gasteiger partial charge on any atom is -0.463 e. The molecule has 0 radical (unpaired) electrons. The topological polar surface area (TPSA) is 45.1 Å². The van der Waals surface area contributed by atoms with Crippen molar-refractivity contribution in [3.8, 4) is 0 Å². The quantitative estimate of drug-likeness (QED) is 0.0367. The van der Waals surface area contributed by atoms with E-state index in [1.807, 2.05) is 6.92 Å². The number of hydrogen-bond acceptors (Lipinski definition) is 5. The van der Waals surface area contributed by atoms with Crippen LogP contribution < -0.4 is 0 Å². The molecule has 1 rings (SSSR count). The summed E-state index contributed by atoms with van der Waals surface area (Å²) in [5, 5.41) is 0. The van der Waals surface area contributed by atoms with E-state index in [2.05, 4.69) is 92.6 Å². The minimum absolute atomic E-state index is 0.131. The SMILES string of the molecule is CCCCC/C=C\C/C=C\CCCCCCCCC1(CCCCCCCC/C=C\C/C=C\CCCCC)C=NC(C(=O)OCC)N1CCCN(C)C. The zero-order valence-electron chi connectivity index (χ0n) is 35.1. The molecular weight excluding hydrogens is 639 g/mol. The highest BCUT2D eigenvalue weighted by molar-refractivity contribution is 5.84. The molecule has 300 valence electrons. The van der Waals surface area contributed by atoms with Crippen molar-refractivity contribution in [3.05, 3.63) is 48.6 Å². The number of carbonyl (C=O) groups is 1. The van der Waals surface area contributed by atoms with E-state index in [-0.39, 0.29) is 11.5 Å². The first kappa shape index (κ1) is 48.0. The third-order valence-electron chi connectivity index (χ3n) is 10.4. The fourth-order valence-corrected chi connectivity index (χ4v) is 7.29. The molecule has 0 amide bonds. The molecule has 5 heteroatoms. The first-order valence-corrected chi connectivity index (χ1v) is 22.2. The van der Waals surface area contributed by atoms with Crippen LogP contribution in [0.2, 0.25) is 0 Å². The van der Waals surface area contributed by atoms with Crippen LogP contribution in [0.3, 0.4) is 0 Å². The van der Waals surface area contributed by atoms with Crippen LogP contribution in [-0.2, 0) is 9.53 Å². The monoisotopic (exact) mass is 724 g/mol. The van der Waals surface area contributed by atoms with Gasteiger partial charge in [-0.1, -0.05) is 152 Å². The molecule has 1 heterocycles. The molecule has 0 saturated carbocycles. The van der Waals surface area contributed by atoms with Crippen LogP contribution in [-0.4, -0.2) is 67.5 Å². The number of hydrogen-bond donors (Lipinski definition) is 0. The number of unbranched alkanes of at least 4 members (excludes halogenated alkanes) is 18.